The first-order valence-electron chi connectivity index (χ1n) is 10.1. The summed E-state index contributed by atoms with van der Waals surface area (Å²) in [5.74, 6) is 0.515. The van der Waals surface area contributed by atoms with Gasteiger partial charge in [-0.3, -0.25) is 14.5 Å². The summed E-state index contributed by atoms with van der Waals surface area (Å²) >= 11 is 0. The van der Waals surface area contributed by atoms with Crippen molar-refractivity contribution in [2.24, 2.45) is 0 Å². The van der Waals surface area contributed by atoms with E-state index in [-0.39, 0.29) is 12.3 Å². The highest BCUT2D eigenvalue weighted by Crippen LogP contribution is 2.24. The van der Waals surface area contributed by atoms with Gasteiger partial charge in [-0.25, -0.2) is 0 Å². The Morgan fingerprint density at radius 2 is 1.93 bits per heavy atom. The largest absolute Gasteiger partial charge is 0.493 e. The molecule has 0 fully saturated rings. The number of nitrogens with one attached hydrogen (secondary N) is 1. The third-order valence-electron chi connectivity index (χ3n) is 4.85. The first-order chi connectivity index (χ1) is 14.1. The van der Waals surface area contributed by atoms with Gasteiger partial charge in [-0.05, 0) is 32.4 Å². The van der Waals surface area contributed by atoms with Gasteiger partial charge in [-0.15, -0.1) is 0 Å². The number of hydrogen-bond acceptors (Lipinski definition) is 6. The number of carbonyl (C=O) groups excluding carboxylic acids is 4. The van der Waals surface area contributed by atoms with Crippen LogP contribution in [0.5, 0.6) is 5.75 Å². The topological polar surface area (TPSA) is 92.8 Å². The van der Waals surface area contributed by atoms with E-state index in [1.54, 1.807) is 26.2 Å². The predicted molar refractivity (Wildman–Crippen MR) is 111 cm³/mol. The molecule has 1 atom stereocenters. The monoisotopic (exact) mass is 404 g/mol. The Morgan fingerprint density at radius 3 is 2.59 bits per heavy atom. The molecule has 0 aliphatic heterocycles. The molecule has 0 radical (unpaired) electrons. The van der Waals surface area contributed by atoms with Crippen molar-refractivity contribution in [1.29, 1.82) is 0 Å². The lowest BCUT2D eigenvalue weighted by Gasteiger charge is -2.25. The average molecular weight is 405 g/mol. The SMILES string of the molecule is CNC(=O)CCC(C=O)N(C)Cc1c(C=O)cccc1OCCCCCCC=O. The molecule has 29 heavy (non-hydrogen) atoms. The lowest BCUT2D eigenvalue weighted by Crippen LogP contribution is -2.34. The number of hydrogen-bond donors (Lipinski definition) is 1. The fraction of sp³-hybridized carbons (Fsp3) is 0.545. The Bertz CT molecular complexity index is 663. The third kappa shape index (κ3) is 9.00. The van der Waals surface area contributed by atoms with Gasteiger partial charge < -0.3 is 19.6 Å². The molecule has 7 heteroatoms. The van der Waals surface area contributed by atoms with Crippen molar-refractivity contribution in [3.8, 4) is 5.75 Å². The van der Waals surface area contributed by atoms with Crippen LogP contribution in [-0.4, -0.2) is 56.4 Å². The van der Waals surface area contributed by atoms with E-state index in [0.717, 1.165) is 50.1 Å². The molecule has 0 bridgehead atoms. The molecular formula is C22H32N2O5. The van der Waals surface area contributed by atoms with Gasteiger partial charge in [0.25, 0.3) is 0 Å². The zero-order valence-electron chi connectivity index (χ0n) is 17.4. The summed E-state index contributed by atoms with van der Waals surface area (Å²) in [6, 6.07) is 4.89. The van der Waals surface area contributed by atoms with E-state index in [2.05, 4.69) is 5.32 Å². The van der Waals surface area contributed by atoms with Gasteiger partial charge in [-0.2, -0.15) is 0 Å². The molecule has 0 spiro atoms. The number of aldehydes is 3. The smallest absolute Gasteiger partial charge is 0.219 e. The summed E-state index contributed by atoms with van der Waals surface area (Å²) in [5, 5.41) is 2.55. The van der Waals surface area contributed by atoms with Crippen molar-refractivity contribution in [2.75, 3.05) is 20.7 Å². The summed E-state index contributed by atoms with van der Waals surface area (Å²) in [6.07, 6.45) is 7.52. The van der Waals surface area contributed by atoms with E-state index in [0.29, 0.717) is 37.3 Å². The van der Waals surface area contributed by atoms with Crippen molar-refractivity contribution in [2.45, 2.75) is 57.5 Å². The number of amides is 1. The molecule has 0 saturated heterocycles. The summed E-state index contributed by atoms with van der Waals surface area (Å²) in [4.78, 5) is 46.6. The van der Waals surface area contributed by atoms with Crippen molar-refractivity contribution in [3.05, 3.63) is 29.3 Å². The Morgan fingerprint density at radius 1 is 1.17 bits per heavy atom. The standard InChI is InChI=1S/C22H32N2O5/c1-23-22(28)12-11-19(17-27)24(2)15-20-18(16-26)9-8-10-21(20)29-14-7-5-3-4-6-13-25/h8-10,13,16-17,19H,3-7,11-12,14-15H2,1-2H3,(H,23,28). The van der Waals surface area contributed by atoms with E-state index in [1.165, 1.54) is 0 Å². The second-order valence-electron chi connectivity index (χ2n) is 6.99. The maximum Gasteiger partial charge on any atom is 0.219 e. The van der Waals surface area contributed by atoms with Gasteiger partial charge in [0.2, 0.25) is 5.91 Å². The Labute approximate surface area is 172 Å². The summed E-state index contributed by atoms with van der Waals surface area (Å²) in [6.45, 7) is 0.884. The van der Waals surface area contributed by atoms with E-state index in [4.69, 9.17) is 4.74 Å². The van der Waals surface area contributed by atoms with Gasteiger partial charge in [-0.1, -0.05) is 25.0 Å². The Hall–Kier alpha value is -2.54. The quantitative estimate of drug-likeness (QED) is 0.336. The number of ether oxygens (including phenoxy) is 1. The lowest BCUT2D eigenvalue weighted by molar-refractivity contribution is -0.121. The number of carbonyl (C=O) groups is 4. The molecule has 7 nitrogen and oxygen atoms in total. The minimum Gasteiger partial charge on any atom is -0.493 e. The molecule has 1 amide bonds. The fourth-order valence-corrected chi connectivity index (χ4v) is 3.03. The summed E-state index contributed by atoms with van der Waals surface area (Å²) in [5.41, 5.74) is 1.26. The summed E-state index contributed by atoms with van der Waals surface area (Å²) < 4.78 is 5.91. The van der Waals surface area contributed by atoms with E-state index < -0.39 is 6.04 Å². The van der Waals surface area contributed by atoms with Crippen molar-refractivity contribution in [1.82, 2.24) is 10.2 Å². The average Bonchev–Trinajstić information content (AvgIpc) is 2.74. The molecule has 0 saturated carbocycles. The number of nitrogens with zero attached hydrogens (tertiary/aromatic N) is 1. The molecule has 160 valence electrons. The van der Waals surface area contributed by atoms with Gasteiger partial charge in [0.1, 0.15) is 18.3 Å². The highest BCUT2D eigenvalue weighted by Gasteiger charge is 2.19. The van der Waals surface area contributed by atoms with E-state index in [9.17, 15) is 19.2 Å². The minimum atomic E-state index is -0.433. The second-order valence-corrected chi connectivity index (χ2v) is 6.99. The van der Waals surface area contributed by atoms with Crippen LogP contribution in [0.1, 0.15) is 60.9 Å². The number of likely N-dealkylation sites (N-methyl/N-ethyl adjacent to an activating group) is 1. The first-order valence-corrected chi connectivity index (χ1v) is 10.1. The first kappa shape index (κ1) is 24.5. The third-order valence-corrected chi connectivity index (χ3v) is 4.85. The van der Waals surface area contributed by atoms with Crippen LogP contribution in [0.15, 0.2) is 18.2 Å². The molecule has 0 aliphatic carbocycles. The van der Waals surface area contributed by atoms with Crippen LogP contribution in [0, 0.1) is 0 Å². The van der Waals surface area contributed by atoms with Crippen molar-refractivity contribution >= 4 is 24.8 Å². The Kier molecular flexibility index (Phi) is 12.2. The zero-order valence-corrected chi connectivity index (χ0v) is 17.4. The maximum absolute atomic E-state index is 11.5. The zero-order chi connectivity index (χ0) is 21.5. The van der Waals surface area contributed by atoms with Gasteiger partial charge >= 0.3 is 0 Å². The number of benzene rings is 1. The molecule has 0 aromatic heterocycles. The van der Waals surface area contributed by atoms with Gasteiger partial charge in [0.15, 0.2) is 6.29 Å². The predicted octanol–water partition coefficient (Wildman–Crippen LogP) is 2.55. The van der Waals surface area contributed by atoms with Crippen LogP contribution < -0.4 is 10.1 Å². The van der Waals surface area contributed by atoms with Crippen LogP contribution in [0.3, 0.4) is 0 Å². The molecule has 0 aliphatic rings. The van der Waals surface area contributed by atoms with E-state index in [1.807, 2.05) is 11.0 Å². The molecular weight excluding hydrogens is 372 g/mol. The van der Waals surface area contributed by atoms with Crippen LogP contribution in [-0.2, 0) is 20.9 Å². The summed E-state index contributed by atoms with van der Waals surface area (Å²) in [7, 11) is 3.36. The normalized spacial score (nSPS) is 11.7. The molecule has 1 N–H and O–H groups in total. The maximum atomic E-state index is 11.5. The molecule has 1 rings (SSSR count). The van der Waals surface area contributed by atoms with Crippen molar-refractivity contribution < 1.29 is 23.9 Å². The molecule has 1 aromatic carbocycles. The van der Waals surface area contributed by atoms with Crippen molar-refractivity contribution in [3.63, 3.8) is 0 Å². The van der Waals surface area contributed by atoms with E-state index >= 15 is 0 Å². The van der Waals surface area contributed by atoms with Crippen LogP contribution in [0.4, 0.5) is 0 Å². The van der Waals surface area contributed by atoms with Gasteiger partial charge in [0, 0.05) is 37.6 Å². The Balaban J connectivity index is 2.72. The van der Waals surface area contributed by atoms with Crippen LogP contribution >= 0.6 is 0 Å². The van der Waals surface area contributed by atoms with Crippen LogP contribution in [0.25, 0.3) is 0 Å². The number of rotatable bonds is 16. The molecule has 1 aromatic rings. The highest BCUT2D eigenvalue weighted by atomic mass is 16.5. The lowest BCUT2D eigenvalue weighted by atomic mass is 10.0. The molecule has 0 heterocycles. The number of unbranched alkanes of at least 4 members (excludes halogenated alkanes) is 4. The second kappa shape index (κ2) is 14.5. The molecule has 1 unspecified atom stereocenters. The minimum absolute atomic E-state index is 0.115. The van der Waals surface area contributed by atoms with Gasteiger partial charge in [0.05, 0.1) is 12.6 Å². The highest BCUT2D eigenvalue weighted by molar-refractivity contribution is 5.79. The van der Waals surface area contributed by atoms with Crippen LogP contribution in [0.2, 0.25) is 0 Å². The fourth-order valence-electron chi connectivity index (χ4n) is 3.03.